The van der Waals surface area contributed by atoms with Gasteiger partial charge in [0.1, 0.15) is 11.9 Å². The maximum Gasteiger partial charge on any atom is 0.413 e. The number of aromatic nitrogens is 4. The van der Waals surface area contributed by atoms with Crippen LogP contribution >= 0.6 is 11.6 Å². The van der Waals surface area contributed by atoms with Gasteiger partial charge in [-0.1, -0.05) is 18.5 Å². The van der Waals surface area contributed by atoms with Crippen molar-refractivity contribution in [3.05, 3.63) is 40.9 Å². The van der Waals surface area contributed by atoms with Gasteiger partial charge in [-0.15, -0.1) is 0 Å². The largest absolute Gasteiger partial charge is 0.444 e. The summed E-state index contributed by atoms with van der Waals surface area (Å²) in [5.74, 6) is -0.109. The molecule has 0 bridgehead atoms. The van der Waals surface area contributed by atoms with Crippen molar-refractivity contribution < 1.29 is 23.9 Å². The van der Waals surface area contributed by atoms with Gasteiger partial charge < -0.3 is 30.0 Å². The van der Waals surface area contributed by atoms with Crippen LogP contribution in [0.1, 0.15) is 58.1 Å². The molecule has 2 fully saturated rings. The average molecular weight is 599 g/mol. The number of nitrogens with two attached hydrogens (primary N) is 1. The molecule has 3 heterocycles. The first-order valence-electron chi connectivity index (χ1n) is 13.9. The number of hydrogen-bond donors (Lipinski definition) is 3. The second-order valence-corrected chi connectivity index (χ2v) is 12.1. The first kappa shape index (κ1) is 29.4. The van der Waals surface area contributed by atoms with Crippen LogP contribution in [0.25, 0.3) is 11.2 Å². The summed E-state index contributed by atoms with van der Waals surface area (Å²) in [5.41, 5.74) is 6.98. The van der Waals surface area contributed by atoms with Crippen LogP contribution < -0.4 is 21.3 Å². The molecule has 1 aliphatic carbocycles. The topological polar surface area (TPSA) is 167 Å². The zero-order chi connectivity index (χ0) is 30.2. The number of anilines is 2. The average Bonchev–Trinajstić information content (AvgIpc) is 3.46. The van der Waals surface area contributed by atoms with Gasteiger partial charge in [0.05, 0.1) is 19.4 Å². The third-order valence-corrected chi connectivity index (χ3v) is 7.43. The van der Waals surface area contributed by atoms with Gasteiger partial charge in [-0.25, -0.2) is 24.5 Å². The zero-order valence-corrected chi connectivity index (χ0v) is 24.8. The van der Waals surface area contributed by atoms with Crippen molar-refractivity contribution >= 4 is 52.4 Å². The zero-order valence-electron chi connectivity index (χ0n) is 24.1. The minimum atomic E-state index is -1.41. The first-order chi connectivity index (χ1) is 19.9. The quantitative estimate of drug-likeness (QED) is 0.350. The lowest BCUT2D eigenvalue weighted by molar-refractivity contribution is -0.137. The fourth-order valence-electron chi connectivity index (χ4n) is 5.16. The highest BCUT2D eigenvalue weighted by molar-refractivity contribution is 6.31. The summed E-state index contributed by atoms with van der Waals surface area (Å²) in [6.07, 6.45) is 4.11. The molecular formula is C28H35ClN8O5. The molecule has 1 aromatic carbocycles. The van der Waals surface area contributed by atoms with E-state index in [2.05, 4.69) is 25.6 Å². The molecule has 42 heavy (non-hydrogen) atoms. The smallest absolute Gasteiger partial charge is 0.413 e. The highest BCUT2D eigenvalue weighted by atomic mass is 35.5. The van der Waals surface area contributed by atoms with Crippen molar-refractivity contribution in [2.75, 3.05) is 23.3 Å². The molecule has 0 spiro atoms. The lowest BCUT2D eigenvalue weighted by Crippen LogP contribution is -2.53. The number of nitrogens with zero attached hydrogens (tertiary/aromatic N) is 5. The number of primary amides is 1. The molecule has 13 nitrogen and oxygen atoms in total. The summed E-state index contributed by atoms with van der Waals surface area (Å²) < 4.78 is 12.7. The highest BCUT2D eigenvalue weighted by Crippen LogP contribution is 2.37. The molecule has 2 aliphatic rings. The predicted molar refractivity (Wildman–Crippen MR) is 157 cm³/mol. The molecule has 0 unspecified atom stereocenters. The van der Waals surface area contributed by atoms with Crippen molar-refractivity contribution in [3.8, 4) is 0 Å². The van der Waals surface area contributed by atoms with Crippen molar-refractivity contribution in [3.63, 3.8) is 0 Å². The maximum atomic E-state index is 13.2. The molecule has 3 aromatic rings. The molecule has 224 valence electrons. The fraction of sp³-hybridized carbons (Fsp3) is 0.500. The van der Waals surface area contributed by atoms with E-state index in [0.29, 0.717) is 35.7 Å². The number of rotatable bonds is 8. The number of ether oxygens (including phenoxy) is 2. The molecule has 2 aromatic heterocycles. The highest BCUT2D eigenvalue weighted by Gasteiger charge is 2.49. The molecular weight excluding hydrogens is 564 g/mol. The van der Waals surface area contributed by atoms with Crippen molar-refractivity contribution in [1.82, 2.24) is 24.8 Å². The van der Waals surface area contributed by atoms with Gasteiger partial charge >= 0.3 is 12.2 Å². The molecule has 1 saturated carbocycles. The van der Waals surface area contributed by atoms with E-state index in [1.165, 1.54) is 6.33 Å². The van der Waals surface area contributed by atoms with Gasteiger partial charge in [0.2, 0.25) is 5.60 Å². The van der Waals surface area contributed by atoms with Crippen LogP contribution in [0, 0.1) is 0 Å². The number of amides is 3. The fourth-order valence-corrected chi connectivity index (χ4v) is 5.39. The van der Waals surface area contributed by atoms with Gasteiger partial charge in [-0.05, 0) is 63.3 Å². The van der Waals surface area contributed by atoms with Crippen molar-refractivity contribution in [2.24, 2.45) is 5.73 Å². The summed E-state index contributed by atoms with van der Waals surface area (Å²) in [6, 6.07) is 3.85. The van der Waals surface area contributed by atoms with E-state index >= 15 is 0 Å². The summed E-state index contributed by atoms with van der Waals surface area (Å²) in [4.78, 5) is 52.6. The Morgan fingerprint density at radius 3 is 2.62 bits per heavy atom. The first-order valence-corrected chi connectivity index (χ1v) is 14.3. The van der Waals surface area contributed by atoms with E-state index in [4.69, 9.17) is 26.8 Å². The van der Waals surface area contributed by atoms with Crippen molar-refractivity contribution in [1.29, 1.82) is 0 Å². The minimum absolute atomic E-state index is 0.0968. The summed E-state index contributed by atoms with van der Waals surface area (Å²) in [7, 11) is 0. The number of imidazole rings is 1. The molecule has 1 aliphatic heterocycles. The Labute approximate surface area is 248 Å². The Kier molecular flexibility index (Phi) is 7.88. The Morgan fingerprint density at radius 1 is 1.19 bits per heavy atom. The van der Waals surface area contributed by atoms with Crippen LogP contribution in [-0.4, -0.2) is 67.9 Å². The summed E-state index contributed by atoms with van der Waals surface area (Å²) >= 11 is 6.56. The molecule has 14 heteroatoms. The van der Waals surface area contributed by atoms with E-state index in [0.717, 1.165) is 29.7 Å². The van der Waals surface area contributed by atoms with Crippen LogP contribution in [0.2, 0.25) is 5.02 Å². The van der Waals surface area contributed by atoms with Crippen LogP contribution in [0.15, 0.2) is 24.8 Å². The predicted octanol–water partition coefficient (Wildman–Crippen LogP) is 3.76. The van der Waals surface area contributed by atoms with E-state index in [1.807, 2.05) is 28.5 Å². The number of benzene rings is 1. The number of fused-ring (bicyclic) bond motifs is 1. The number of hydrogen-bond acceptors (Lipinski definition) is 9. The minimum Gasteiger partial charge on any atom is -0.444 e. The molecule has 1 saturated heterocycles. The van der Waals surface area contributed by atoms with Gasteiger partial charge in [0.15, 0.2) is 17.0 Å². The van der Waals surface area contributed by atoms with Gasteiger partial charge in [-0.2, -0.15) is 0 Å². The van der Waals surface area contributed by atoms with Gasteiger partial charge in [0, 0.05) is 29.7 Å². The third-order valence-electron chi connectivity index (χ3n) is 7.21. The molecule has 1 atom stereocenters. The second-order valence-electron chi connectivity index (χ2n) is 11.6. The third kappa shape index (κ3) is 6.35. The van der Waals surface area contributed by atoms with Crippen LogP contribution in [0.3, 0.4) is 0 Å². The normalized spacial score (nSPS) is 18.6. The monoisotopic (exact) mass is 598 g/mol. The number of nitrogens with one attached hydrogen (secondary N) is 2. The van der Waals surface area contributed by atoms with E-state index in [1.54, 1.807) is 27.1 Å². The molecule has 3 amide bonds. The van der Waals surface area contributed by atoms with Gasteiger partial charge in [-0.3, -0.25) is 10.1 Å². The van der Waals surface area contributed by atoms with Crippen LogP contribution in [0.4, 0.5) is 21.1 Å². The van der Waals surface area contributed by atoms with Crippen molar-refractivity contribution in [2.45, 2.75) is 77.2 Å². The molecule has 0 radical (unpaired) electrons. The number of halogens is 1. The Morgan fingerprint density at radius 2 is 1.95 bits per heavy atom. The van der Waals surface area contributed by atoms with Gasteiger partial charge in [0.25, 0.3) is 5.91 Å². The Hall–Kier alpha value is -4.13. The van der Waals surface area contributed by atoms with Crippen LogP contribution in [-0.2, 0) is 27.2 Å². The number of carbonyl (C=O) groups excluding carboxylic acids is 3. The van der Waals surface area contributed by atoms with E-state index < -0.39 is 23.4 Å². The van der Waals surface area contributed by atoms with Crippen LogP contribution in [0.5, 0.6) is 0 Å². The lowest BCUT2D eigenvalue weighted by atomic mass is 10.0. The molecule has 4 N–H and O–H groups in total. The number of aryl methyl sites for hydroxylation is 1. The van der Waals surface area contributed by atoms with E-state index in [9.17, 15) is 14.4 Å². The lowest BCUT2D eigenvalue weighted by Gasteiger charge is -2.29. The standard InChI is InChI=1S/C28H35ClN8O5/c1-5-16-10-17(29)11-20(36-9-8-28(13-36,41-25(30)39)24(38)34-18-6-7-18)19(16)12-37-15-33-21-22(31-14-32-23(21)37)35-26(40)42-27(2,3)4/h10-11,14-15,18H,5-9,12-13H2,1-4H3,(H2,30,39)(H,34,38)(H,31,32,35,40)/t28-/m1/s1. The molecule has 5 rings (SSSR count). The number of carbonyl (C=O) groups is 3. The summed E-state index contributed by atoms with van der Waals surface area (Å²) in [5, 5.41) is 6.16. The second kappa shape index (κ2) is 11.3. The Balaban J connectivity index is 1.47. The summed E-state index contributed by atoms with van der Waals surface area (Å²) in [6.45, 7) is 8.29. The van der Waals surface area contributed by atoms with E-state index in [-0.39, 0.29) is 30.7 Å². The Bertz CT molecular complexity index is 1530. The maximum absolute atomic E-state index is 13.2. The SMILES string of the molecule is CCc1cc(Cl)cc(N2CC[C@](OC(N)=O)(C(=O)NC3CC3)C2)c1Cn1cnc2c(NC(=O)OC(C)(C)C)ncnc21.